The number of aryl methyl sites for hydroxylation is 1. The van der Waals surface area contributed by atoms with Gasteiger partial charge in [0, 0.05) is 30.4 Å². The van der Waals surface area contributed by atoms with Crippen molar-refractivity contribution in [2.24, 2.45) is 0 Å². The van der Waals surface area contributed by atoms with Crippen LogP contribution in [0.4, 0.5) is 0 Å². The summed E-state index contributed by atoms with van der Waals surface area (Å²) in [6, 6.07) is 0.313. The van der Waals surface area contributed by atoms with Crippen molar-refractivity contribution in [1.82, 2.24) is 30.0 Å². The highest BCUT2D eigenvalue weighted by Crippen LogP contribution is 2.32. The first-order valence-electron chi connectivity index (χ1n) is 9.23. The van der Waals surface area contributed by atoms with Gasteiger partial charge in [0.05, 0.1) is 6.04 Å². The van der Waals surface area contributed by atoms with Crippen molar-refractivity contribution in [3.8, 4) is 0 Å². The molecule has 2 fully saturated rings. The molecule has 128 valence electrons. The summed E-state index contributed by atoms with van der Waals surface area (Å²) in [4.78, 5) is 16.3. The van der Waals surface area contributed by atoms with Gasteiger partial charge in [-0.25, -0.2) is 15.0 Å². The predicted octanol–water partition coefficient (Wildman–Crippen LogP) is 3.29. The highest BCUT2D eigenvalue weighted by Gasteiger charge is 2.29. The van der Waals surface area contributed by atoms with Crippen molar-refractivity contribution >= 4 is 0 Å². The topological polar surface area (TPSA) is 70.6 Å². The van der Waals surface area contributed by atoms with Crippen molar-refractivity contribution in [3.63, 3.8) is 0 Å². The maximum atomic E-state index is 4.67. The fraction of sp³-hybridized carbons (Fsp3) is 0.667. The van der Waals surface area contributed by atoms with Gasteiger partial charge in [-0.3, -0.25) is 10.00 Å². The van der Waals surface area contributed by atoms with Crippen LogP contribution in [-0.2, 0) is 6.54 Å². The van der Waals surface area contributed by atoms with Crippen LogP contribution in [-0.4, -0.2) is 36.6 Å². The standard InChI is InChI=1S/C18H26N6/c1-13-21-18(23-22-13)16-8-5-9-24(16)12-14-10-19-17(20-11-14)15-6-3-2-4-7-15/h10-11,15-16H,2-9,12H2,1H3,(H,21,22,23)/t16-/m1/s1. The third-order valence-electron chi connectivity index (χ3n) is 5.36. The molecular weight excluding hydrogens is 300 g/mol. The Bertz CT molecular complexity index is 658. The molecule has 2 aliphatic rings. The van der Waals surface area contributed by atoms with Crippen LogP contribution < -0.4 is 0 Å². The number of aromatic nitrogens is 5. The Labute approximate surface area is 143 Å². The van der Waals surface area contributed by atoms with E-state index in [0.29, 0.717) is 12.0 Å². The molecule has 1 aliphatic heterocycles. The second-order valence-electron chi connectivity index (χ2n) is 7.19. The molecule has 0 radical (unpaired) electrons. The maximum Gasteiger partial charge on any atom is 0.167 e. The number of nitrogens with zero attached hydrogens (tertiary/aromatic N) is 5. The van der Waals surface area contributed by atoms with Gasteiger partial charge in [0.1, 0.15) is 11.6 Å². The molecule has 1 atom stereocenters. The van der Waals surface area contributed by atoms with Crippen LogP contribution in [0.25, 0.3) is 0 Å². The zero-order valence-corrected chi connectivity index (χ0v) is 14.4. The van der Waals surface area contributed by atoms with Crippen molar-refractivity contribution in [2.75, 3.05) is 6.54 Å². The average Bonchev–Trinajstić information content (AvgIpc) is 3.25. The highest BCUT2D eigenvalue weighted by molar-refractivity contribution is 5.10. The molecule has 0 spiro atoms. The van der Waals surface area contributed by atoms with E-state index in [1.165, 1.54) is 44.1 Å². The fourth-order valence-corrected chi connectivity index (χ4v) is 4.07. The molecule has 6 heteroatoms. The molecule has 0 amide bonds. The van der Waals surface area contributed by atoms with Gasteiger partial charge in [-0.15, -0.1) is 0 Å². The highest BCUT2D eigenvalue weighted by atomic mass is 15.3. The zero-order valence-electron chi connectivity index (χ0n) is 14.4. The Hall–Kier alpha value is -1.82. The van der Waals surface area contributed by atoms with E-state index in [1.807, 2.05) is 19.3 Å². The smallest absolute Gasteiger partial charge is 0.167 e. The van der Waals surface area contributed by atoms with Crippen LogP contribution in [0.2, 0.25) is 0 Å². The summed E-state index contributed by atoms with van der Waals surface area (Å²) in [7, 11) is 0. The fourth-order valence-electron chi connectivity index (χ4n) is 4.07. The summed E-state index contributed by atoms with van der Waals surface area (Å²) >= 11 is 0. The number of H-pyrrole nitrogens is 1. The normalized spacial score (nSPS) is 23.0. The first-order valence-corrected chi connectivity index (χ1v) is 9.23. The van der Waals surface area contributed by atoms with E-state index in [2.05, 4.69) is 30.0 Å². The number of nitrogens with one attached hydrogen (secondary N) is 1. The maximum absolute atomic E-state index is 4.67. The molecule has 1 aliphatic carbocycles. The van der Waals surface area contributed by atoms with Crippen LogP contribution in [0.3, 0.4) is 0 Å². The molecule has 0 unspecified atom stereocenters. The summed E-state index contributed by atoms with van der Waals surface area (Å²) in [5.74, 6) is 3.42. The van der Waals surface area contributed by atoms with E-state index in [-0.39, 0.29) is 0 Å². The monoisotopic (exact) mass is 326 g/mol. The third-order valence-corrected chi connectivity index (χ3v) is 5.36. The SMILES string of the molecule is Cc1nc([C@H]2CCCN2Cc2cnc(C3CCCCC3)nc2)n[nH]1. The Balaban J connectivity index is 1.42. The first kappa shape index (κ1) is 15.7. The van der Waals surface area contributed by atoms with Crippen molar-refractivity contribution in [1.29, 1.82) is 0 Å². The van der Waals surface area contributed by atoms with Crippen LogP contribution in [0.1, 0.15) is 79.9 Å². The number of rotatable bonds is 4. The number of hydrogen-bond donors (Lipinski definition) is 1. The Morgan fingerprint density at radius 3 is 2.54 bits per heavy atom. The quantitative estimate of drug-likeness (QED) is 0.933. The Kier molecular flexibility index (Phi) is 4.56. The van der Waals surface area contributed by atoms with Gasteiger partial charge >= 0.3 is 0 Å². The molecule has 1 saturated carbocycles. The molecule has 3 heterocycles. The summed E-state index contributed by atoms with van der Waals surface area (Å²) in [6.45, 7) is 3.92. The lowest BCUT2D eigenvalue weighted by Crippen LogP contribution is -2.24. The molecule has 1 N–H and O–H groups in total. The minimum atomic E-state index is 0.313. The summed E-state index contributed by atoms with van der Waals surface area (Å²) in [6.07, 6.45) is 12.9. The van der Waals surface area contributed by atoms with E-state index >= 15 is 0 Å². The lowest BCUT2D eigenvalue weighted by atomic mass is 9.89. The number of aromatic amines is 1. The summed E-state index contributed by atoms with van der Waals surface area (Å²) in [5, 5.41) is 7.32. The van der Waals surface area contributed by atoms with Gasteiger partial charge in [-0.1, -0.05) is 19.3 Å². The molecular formula is C18H26N6. The van der Waals surface area contributed by atoms with Gasteiger partial charge in [-0.05, 0) is 39.2 Å². The van der Waals surface area contributed by atoms with Crippen LogP contribution in [0.5, 0.6) is 0 Å². The molecule has 2 aromatic heterocycles. The second kappa shape index (κ2) is 6.97. The number of likely N-dealkylation sites (tertiary alicyclic amines) is 1. The van der Waals surface area contributed by atoms with Crippen LogP contribution >= 0.6 is 0 Å². The van der Waals surface area contributed by atoms with E-state index < -0.39 is 0 Å². The van der Waals surface area contributed by atoms with E-state index in [0.717, 1.165) is 37.0 Å². The van der Waals surface area contributed by atoms with Crippen molar-refractivity contribution in [2.45, 2.75) is 70.4 Å². The molecule has 0 aromatic carbocycles. The Morgan fingerprint density at radius 1 is 1.04 bits per heavy atom. The minimum absolute atomic E-state index is 0.313. The Morgan fingerprint density at radius 2 is 1.83 bits per heavy atom. The molecule has 1 saturated heterocycles. The average molecular weight is 326 g/mol. The van der Waals surface area contributed by atoms with E-state index in [9.17, 15) is 0 Å². The lowest BCUT2D eigenvalue weighted by molar-refractivity contribution is 0.239. The molecule has 6 nitrogen and oxygen atoms in total. The molecule has 24 heavy (non-hydrogen) atoms. The van der Waals surface area contributed by atoms with Crippen molar-refractivity contribution in [3.05, 3.63) is 35.4 Å². The van der Waals surface area contributed by atoms with Gasteiger partial charge < -0.3 is 0 Å². The first-order chi connectivity index (χ1) is 11.8. The third kappa shape index (κ3) is 3.34. The predicted molar refractivity (Wildman–Crippen MR) is 91.4 cm³/mol. The lowest BCUT2D eigenvalue weighted by Gasteiger charge is -2.23. The van der Waals surface area contributed by atoms with Gasteiger partial charge in [0.15, 0.2) is 5.82 Å². The number of hydrogen-bond acceptors (Lipinski definition) is 5. The van der Waals surface area contributed by atoms with Crippen LogP contribution in [0, 0.1) is 6.92 Å². The summed E-state index contributed by atoms with van der Waals surface area (Å²) in [5.41, 5.74) is 1.19. The second-order valence-corrected chi connectivity index (χ2v) is 7.19. The van der Waals surface area contributed by atoms with Gasteiger partial charge in [0.25, 0.3) is 0 Å². The van der Waals surface area contributed by atoms with E-state index in [4.69, 9.17) is 0 Å². The largest absolute Gasteiger partial charge is 0.289 e. The van der Waals surface area contributed by atoms with Crippen molar-refractivity contribution < 1.29 is 0 Å². The molecule has 4 rings (SSSR count). The van der Waals surface area contributed by atoms with Gasteiger partial charge in [0.2, 0.25) is 0 Å². The van der Waals surface area contributed by atoms with Crippen LogP contribution in [0.15, 0.2) is 12.4 Å². The molecule has 0 bridgehead atoms. The summed E-state index contributed by atoms with van der Waals surface area (Å²) < 4.78 is 0. The zero-order chi connectivity index (χ0) is 16.4. The minimum Gasteiger partial charge on any atom is -0.289 e. The van der Waals surface area contributed by atoms with Gasteiger partial charge in [-0.2, -0.15) is 5.10 Å². The van der Waals surface area contributed by atoms with E-state index in [1.54, 1.807) is 0 Å². The molecule has 2 aromatic rings.